The van der Waals surface area contributed by atoms with Crippen LogP contribution < -0.4 is 10.6 Å². The van der Waals surface area contributed by atoms with Gasteiger partial charge in [-0.1, -0.05) is 36.4 Å². The summed E-state index contributed by atoms with van der Waals surface area (Å²) in [6, 6.07) is 20.9. The molecule has 0 fully saturated rings. The molecule has 0 aliphatic carbocycles. The van der Waals surface area contributed by atoms with E-state index in [1.54, 1.807) is 0 Å². The number of benzene rings is 2. The fourth-order valence-corrected chi connectivity index (χ4v) is 2.73. The van der Waals surface area contributed by atoms with Gasteiger partial charge in [0.2, 0.25) is 0 Å². The summed E-state index contributed by atoms with van der Waals surface area (Å²) >= 11 is 0. The van der Waals surface area contributed by atoms with Crippen molar-refractivity contribution in [2.45, 2.75) is 0 Å². The Morgan fingerprint density at radius 2 is 1.00 bits per heavy atom. The normalized spacial score (nSPS) is 9.71. The van der Waals surface area contributed by atoms with Crippen LogP contribution in [0.2, 0.25) is 0 Å². The molecular weight excluding hydrogens is 187 g/mol. The third-order valence-corrected chi connectivity index (χ3v) is 3.98. The van der Waals surface area contributed by atoms with Gasteiger partial charge in [-0.2, -0.15) is 0 Å². The SMILES string of the molecule is C=[P+](c1ccccc1)c1ccccc1. The van der Waals surface area contributed by atoms with Gasteiger partial charge in [0, 0.05) is 0 Å². The lowest BCUT2D eigenvalue weighted by Gasteiger charge is -1.93. The average Bonchev–Trinajstić information content (AvgIpc) is 2.30. The minimum atomic E-state index is -0.421. The van der Waals surface area contributed by atoms with E-state index in [0.29, 0.717) is 0 Å². The highest BCUT2D eigenvalue weighted by atomic mass is 31.1. The van der Waals surface area contributed by atoms with Crippen molar-refractivity contribution in [1.29, 1.82) is 0 Å². The maximum atomic E-state index is 4.24. The van der Waals surface area contributed by atoms with E-state index in [2.05, 4.69) is 54.8 Å². The number of hydrogen-bond donors (Lipinski definition) is 0. The van der Waals surface area contributed by atoms with Crippen LogP contribution in [0.15, 0.2) is 60.7 Å². The third kappa shape index (κ3) is 1.92. The lowest BCUT2D eigenvalue weighted by atomic mass is 10.4. The van der Waals surface area contributed by atoms with E-state index in [1.807, 2.05) is 12.1 Å². The summed E-state index contributed by atoms with van der Waals surface area (Å²) in [5, 5.41) is 2.66. The van der Waals surface area contributed by atoms with Gasteiger partial charge in [0.05, 0.1) is 6.30 Å². The molecule has 0 saturated heterocycles. The summed E-state index contributed by atoms with van der Waals surface area (Å²) < 4.78 is 0. The Morgan fingerprint density at radius 1 is 0.643 bits per heavy atom. The molecule has 2 aromatic carbocycles. The Bertz CT molecular complexity index is 376. The highest BCUT2D eigenvalue weighted by molar-refractivity contribution is 7.70. The van der Waals surface area contributed by atoms with E-state index < -0.39 is 7.55 Å². The lowest BCUT2D eigenvalue weighted by molar-refractivity contribution is 1.76. The van der Waals surface area contributed by atoms with Crippen molar-refractivity contribution in [3.63, 3.8) is 0 Å². The molecule has 0 nitrogen and oxygen atoms in total. The van der Waals surface area contributed by atoms with Gasteiger partial charge < -0.3 is 0 Å². The van der Waals surface area contributed by atoms with E-state index in [9.17, 15) is 0 Å². The molecule has 0 atom stereocenters. The predicted molar refractivity (Wildman–Crippen MR) is 66.2 cm³/mol. The molecule has 0 aliphatic rings. The molecule has 0 spiro atoms. The van der Waals surface area contributed by atoms with Crippen LogP contribution in [-0.2, 0) is 0 Å². The molecule has 14 heavy (non-hydrogen) atoms. The smallest absolute Gasteiger partial charge is 0.0619 e. The molecule has 0 saturated carbocycles. The molecule has 0 N–H and O–H groups in total. The zero-order valence-corrected chi connectivity index (χ0v) is 8.82. The Labute approximate surface area is 85.6 Å². The molecular formula is C13H12P+. The van der Waals surface area contributed by atoms with Gasteiger partial charge in [0.1, 0.15) is 0 Å². The fraction of sp³-hybridized carbons (Fsp3) is 0. The van der Waals surface area contributed by atoms with Gasteiger partial charge in [-0.25, -0.2) is 0 Å². The van der Waals surface area contributed by atoms with E-state index in [4.69, 9.17) is 0 Å². The monoisotopic (exact) mass is 199 g/mol. The van der Waals surface area contributed by atoms with Crippen LogP contribution in [0.5, 0.6) is 0 Å². The van der Waals surface area contributed by atoms with Crippen LogP contribution in [0.3, 0.4) is 0 Å². The van der Waals surface area contributed by atoms with Gasteiger partial charge in [-0.05, 0) is 24.3 Å². The molecule has 1 heteroatoms. The minimum Gasteiger partial charge on any atom is -0.0619 e. The van der Waals surface area contributed by atoms with Crippen molar-refractivity contribution >= 4 is 24.5 Å². The second-order valence-electron chi connectivity index (χ2n) is 3.10. The molecule has 2 rings (SSSR count). The van der Waals surface area contributed by atoms with Crippen LogP contribution in [0, 0.1) is 0 Å². The van der Waals surface area contributed by atoms with Crippen molar-refractivity contribution in [3.8, 4) is 0 Å². The molecule has 0 aliphatic heterocycles. The highest BCUT2D eigenvalue weighted by Crippen LogP contribution is 2.17. The fourth-order valence-electron chi connectivity index (χ4n) is 1.36. The van der Waals surface area contributed by atoms with Gasteiger partial charge in [-0.15, -0.1) is 0 Å². The average molecular weight is 199 g/mol. The van der Waals surface area contributed by atoms with Gasteiger partial charge >= 0.3 is 0 Å². The quantitative estimate of drug-likeness (QED) is 0.652. The maximum Gasteiger partial charge on any atom is 0.162 e. The molecule has 0 aromatic heterocycles. The molecule has 0 radical (unpaired) electrons. The van der Waals surface area contributed by atoms with Crippen LogP contribution in [0.25, 0.3) is 0 Å². The summed E-state index contributed by atoms with van der Waals surface area (Å²) in [5.41, 5.74) is 0. The van der Waals surface area contributed by atoms with Crippen molar-refractivity contribution in [2.24, 2.45) is 0 Å². The first-order chi connectivity index (χ1) is 6.88. The molecule has 68 valence electrons. The van der Waals surface area contributed by atoms with Crippen molar-refractivity contribution in [1.82, 2.24) is 0 Å². The lowest BCUT2D eigenvalue weighted by Crippen LogP contribution is -2.05. The van der Waals surface area contributed by atoms with E-state index in [-0.39, 0.29) is 0 Å². The second kappa shape index (κ2) is 4.21. The first-order valence-corrected chi connectivity index (χ1v) is 6.11. The number of rotatable bonds is 2. The Morgan fingerprint density at radius 3 is 1.36 bits per heavy atom. The Kier molecular flexibility index (Phi) is 2.76. The zero-order chi connectivity index (χ0) is 9.80. The van der Waals surface area contributed by atoms with Crippen molar-refractivity contribution in [2.75, 3.05) is 0 Å². The largest absolute Gasteiger partial charge is 0.162 e. The first kappa shape index (κ1) is 9.18. The topological polar surface area (TPSA) is 0 Å². The summed E-state index contributed by atoms with van der Waals surface area (Å²) in [5.74, 6) is 0. The van der Waals surface area contributed by atoms with E-state index in [0.717, 1.165) is 0 Å². The highest BCUT2D eigenvalue weighted by Gasteiger charge is 2.12. The molecule has 0 amide bonds. The minimum absolute atomic E-state index is 0.421. The van der Waals surface area contributed by atoms with Crippen LogP contribution >= 0.6 is 7.55 Å². The zero-order valence-electron chi connectivity index (χ0n) is 7.93. The third-order valence-electron chi connectivity index (χ3n) is 2.14. The van der Waals surface area contributed by atoms with Gasteiger partial charge in [0.15, 0.2) is 18.2 Å². The van der Waals surface area contributed by atoms with Crippen LogP contribution in [0.1, 0.15) is 0 Å². The molecule has 0 bridgehead atoms. The molecule has 2 aromatic rings. The maximum absolute atomic E-state index is 4.24. The molecule has 0 heterocycles. The van der Waals surface area contributed by atoms with Crippen molar-refractivity contribution < 1.29 is 0 Å². The van der Waals surface area contributed by atoms with Crippen LogP contribution in [0.4, 0.5) is 0 Å². The van der Waals surface area contributed by atoms with Gasteiger partial charge in [0.25, 0.3) is 0 Å². The van der Waals surface area contributed by atoms with Crippen molar-refractivity contribution in [3.05, 3.63) is 60.7 Å². The Hall–Kier alpha value is -1.39. The molecule has 0 unspecified atom stereocenters. The summed E-state index contributed by atoms with van der Waals surface area (Å²) in [6.07, 6.45) is 4.24. The summed E-state index contributed by atoms with van der Waals surface area (Å²) in [4.78, 5) is 0. The standard InChI is InChI=1S/C13H12P/c1-14(12-8-4-2-5-9-12)13-10-6-3-7-11-13/h2-11H,1H2/q+1. The number of hydrogen-bond acceptors (Lipinski definition) is 0. The Balaban J connectivity index is 2.35. The van der Waals surface area contributed by atoms with Gasteiger partial charge in [-0.3, -0.25) is 0 Å². The summed E-state index contributed by atoms with van der Waals surface area (Å²) in [6.45, 7) is 0. The summed E-state index contributed by atoms with van der Waals surface area (Å²) in [7, 11) is -0.421. The predicted octanol–water partition coefficient (Wildman–Crippen LogP) is 2.55. The van der Waals surface area contributed by atoms with E-state index >= 15 is 0 Å². The second-order valence-corrected chi connectivity index (χ2v) is 4.99. The van der Waals surface area contributed by atoms with E-state index in [1.165, 1.54) is 10.6 Å². The van der Waals surface area contributed by atoms with Crippen LogP contribution in [-0.4, -0.2) is 6.30 Å². The first-order valence-electron chi connectivity index (χ1n) is 4.58.